The molecule has 0 N–H and O–H groups in total. The van der Waals surface area contributed by atoms with Crippen molar-refractivity contribution in [2.24, 2.45) is 0 Å². The SMILES string of the molecule is O=C1C=C(Cc2ccc(Cl)c(F)c2)CCC1. The third-order valence-electron chi connectivity index (χ3n) is 2.70. The molecule has 0 radical (unpaired) electrons. The van der Waals surface area contributed by atoms with Gasteiger partial charge in [-0.3, -0.25) is 4.79 Å². The van der Waals surface area contributed by atoms with Crippen molar-refractivity contribution in [3.63, 3.8) is 0 Å². The number of allylic oxidation sites excluding steroid dienone is 2. The summed E-state index contributed by atoms with van der Waals surface area (Å²) < 4.78 is 13.2. The Bertz CT molecular complexity index is 451. The Morgan fingerprint density at radius 2 is 2.12 bits per heavy atom. The molecule has 0 fully saturated rings. The van der Waals surface area contributed by atoms with Gasteiger partial charge in [0.05, 0.1) is 5.02 Å². The summed E-state index contributed by atoms with van der Waals surface area (Å²) in [6.07, 6.45) is 4.80. The molecule has 2 rings (SSSR count). The van der Waals surface area contributed by atoms with E-state index in [1.807, 2.05) is 0 Å². The normalized spacial score (nSPS) is 16.1. The maximum Gasteiger partial charge on any atom is 0.155 e. The van der Waals surface area contributed by atoms with E-state index in [9.17, 15) is 9.18 Å². The fraction of sp³-hybridized carbons (Fsp3) is 0.308. The van der Waals surface area contributed by atoms with E-state index in [2.05, 4.69) is 0 Å². The highest BCUT2D eigenvalue weighted by Gasteiger charge is 2.11. The highest BCUT2D eigenvalue weighted by Crippen LogP contribution is 2.22. The van der Waals surface area contributed by atoms with Crippen molar-refractivity contribution in [3.05, 3.63) is 46.3 Å². The molecule has 0 aromatic heterocycles. The summed E-state index contributed by atoms with van der Waals surface area (Å²) in [5.74, 6) is -0.224. The van der Waals surface area contributed by atoms with Gasteiger partial charge in [0.1, 0.15) is 5.82 Å². The van der Waals surface area contributed by atoms with Gasteiger partial charge in [0.2, 0.25) is 0 Å². The zero-order valence-corrected chi connectivity index (χ0v) is 9.56. The van der Waals surface area contributed by atoms with Crippen LogP contribution in [0.4, 0.5) is 4.39 Å². The van der Waals surface area contributed by atoms with Gasteiger partial charge in [-0.05, 0) is 43.0 Å². The smallest absolute Gasteiger partial charge is 0.155 e. The molecule has 1 aliphatic carbocycles. The summed E-state index contributed by atoms with van der Waals surface area (Å²) in [6.45, 7) is 0. The molecule has 0 atom stereocenters. The lowest BCUT2D eigenvalue weighted by molar-refractivity contribution is -0.115. The Kier molecular flexibility index (Phi) is 3.39. The number of ketones is 1. The van der Waals surface area contributed by atoms with Gasteiger partial charge in [-0.15, -0.1) is 0 Å². The van der Waals surface area contributed by atoms with Crippen molar-refractivity contribution < 1.29 is 9.18 Å². The quantitative estimate of drug-likeness (QED) is 0.768. The molecule has 0 heterocycles. The lowest BCUT2D eigenvalue weighted by atomic mass is 9.93. The summed E-state index contributed by atoms with van der Waals surface area (Å²) in [7, 11) is 0. The third kappa shape index (κ3) is 2.70. The molecular formula is C13H12ClFO. The zero-order chi connectivity index (χ0) is 11.5. The first-order chi connectivity index (χ1) is 7.65. The molecule has 1 aliphatic rings. The van der Waals surface area contributed by atoms with Crippen LogP contribution in [-0.2, 0) is 11.2 Å². The molecule has 0 saturated heterocycles. The topological polar surface area (TPSA) is 17.1 Å². The summed E-state index contributed by atoms with van der Waals surface area (Å²) in [6, 6.07) is 4.78. The summed E-state index contributed by atoms with van der Waals surface area (Å²) >= 11 is 5.60. The highest BCUT2D eigenvalue weighted by atomic mass is 35.5. The van der Waals surface area contributed by atoms with Gasteiger partial charge in [-0.2, -0.15) is 0 Å². The van der Waals surface area contributed by atoms with Gasteiger partial charge in [0.25, 0.3) is 0 Å². The molecule has 0 aliphatic heterocycles. The number of halogens is 2. The minimum atomic E-state index is -0.401. The van der Waals surface area contributed by atoms with Crippen molar-refractivity contribution in [1.82, 2.24) is 0 Å². The van der Waals surface area contributed by atoms with Crippen molar-refractivity contribution in [2.75, 3.05) is 0 Å². The van der Waals surface area contributed by atoms with Crippen molar-refractivity contribution in [2.45, 2.75) is 25.7 Å². The van der Waals surface area contributed by atoms with Crippen molar-refractivity contribution in [1.29, 1.82) is 0 Å². The first-order valence-corrected chi connectivity index (χ1v) is 5.69. The van der Waals surface area contributed by atoms with Crippen LogP contribution >= 0.6 is 11.6 Å². The van der Waals surface area contributed by atoms with E-state index in [0.29, 0.717) is 12.8 Å². The highest BCUT2D eigenvalue weighted by molar-refractivity contribution is 6.30. The molecule has 3 heteroatoms. The Morgan fingerprint density at radius 1 is 1.31 bits per heavy atom. The second kappa shape index (κ2) is 4.79. The largest absolute Gasteiger partial charge is 0.295 e. The number of benzene rings is 1. The second-order valence-electron chi connectivity index (χ2n) is 4.05. The maximum atomic E-state index is 13.2. The monoisotopic (exact) mass is 238 g/mol. The second-order valence-corrected chi connectivity index (χ2v) is 4.45. The van der Waals surface area contributed by atoms with Crippen LogP contribution in [0.15, 0.2) is 29.8 Å². The van der Waals surface area contributed by atoms with E-state index < -0.39 is 5.82 Å². The van der Waals surface area contributed by atoms with E-state index in [0.717, 1.165) is 24.0 Å². The number of carbonyl (C=O) groups excluding carboxylic acids is 1. The lowest BCUT2D eigenvalue weighted by Crippen LogP contribution is -2.04. The Labute approximate surface area is 98.9 Å². The predicted octanol–water partition coefficient (Wildman–Crippen LogP) is 3.70. The molecule has 0 unspecified atom stereocenters. The van der Waals surface area contributed by atoms with Crippen LogP contribution in [0.3, 0.4) is 0 Å². The van der Waals surface area contributed by atoms with Crippen LogP contribution < -0.4 is 0 Å². The number of hydrogen-bond acceptors (Lipinski definition) is 1. The van der Waals surface area contributed by atoms with Gasteiger partial charge >= 0.3 is 0 Å². The average Bonchev–Trinajstić information content (AvgIpc) is 2.24. The van der Waals surface area contributed by atoms with Crippen molar-refractivity contribution >= 4 is 17.4 Å². The molecule has 84 valence electrons. The molecule has 1 aromatic rings. The Balaban J connectivity index is 2.14. The molecule has 0 spiro atoms. The number of hydrogen-bond donors (Lipinski definition) is 0. The minimum absolute atomic E-state index is 0.137. The maximum absolute atomic E-state index is 13.2. The van der Waals surface area contributed by atoms with Crippen LogP contribution in [0.5, 0.6) is 0 Å². The van der Waals surface area contributed by atoms with Crippen LogP contribution in [0.1, 0.15) is 24.8 Å². The van der Waals surface area contributed by atoms with E-state index in [-0.39, 0.29) is 10.8 Å². The van der Waals surface area contributed by atoms with E-state index in [1.54, 1.807) is 18.2 Å². The molecule has 0 bridgehead atoms. The van der Waals surface area contributed by atoms with Crippen LogP contribution in [0.25, 0.3) is 0 Å². The first-order valence-electron chi connectivity index (χ1n) is 5.31. The molecule has 16 heavy (non-hydrogen) atoms. The van der Waals surface area contributed by atoms with Gasteiger partial charge in [-0.1, -0.05) is 23.2 Å². The lowest BCUT2D eigenvalue weighted by Gasteiger charge is -2.12. The fourth-order valence-corrected chi connectivity index (χ4v) is 2.03. The van der Waals surface area contributed by atoms with Gasteiger partial charge in [0, 0.05) is 6.42 Å². The molecule has 0 amide bonds. The summed E-state index contributed by atoms with van der Waals surface area (Å²) in [5, 5.41) is 0.137. The van der Waals surface area contributed by atoms with E-state index in [4.69, 9.17) is 11.6 Å². The molecule has 0 saturated carbocycles. The predicted molar refractivity (Wildman–Crippen MR) is 62.1 cm³/mol. The van der Waals surface area contributed by atoms with Crippen LogP contribution in [-0.4, -0.2) is 5.78 Å². The molecular weight excluding hydrogens is 227 g/mol. The van der Waals surface area contributed by atoms with Gasteiger partial charge in [-0.25, -0.2) is 4.39 Å². The average molecular weight is 239 g/mol. The van der Waals surface area contributed by atoms with Gasteiger partial charge in [0.15, 0.2) is 5.78 Å². The summed E-state index contributed by atoms with van der Waals surface area (Å²) in [5.41, 5.74) is 1.95. The minimum Gasteiger partial charge on any atom is -0.295 e. The Hall–Kier alpha value is -1.15. The van der Waals surface area contributed by atoms with Gasteiger partial charge < -0.3 is 0 Å². The van der Waals surface area contributed by atoms with Crippen LogP contribution in [0.2, 0.25) is 5.02 Å². The Morgan fingerprint density at radius 3 is 2.81 bits per heavy atom. The third-order valence-corrected chi connectivity index (χ3v) is 3.01. The summed E-state index contributed by atoms with van der Waals surface area (Å²) in [4.78, 5) is 11.2. The standard InChI is InChI=1S/C13H12ClFO/c14-12-5-4-10(8-13(12)15)6-9-2-1-3-11(16)7-9/h4-5,7-8H,1-3,6H2. The van der Waals surface area contributed by atoms with Crippen LogP contribution in [0, 0.1) is 5.82 Å². The molecule has 1 aromatic carbocycles. The number of rotatable bonds is 2. The fourth-order valence-electron chi connectivity index (χ4n) is 1.91. The number of carbonyl (C=O) groups is 1. The zero-order valence-electron chi connectivity index (χ0n) is 8.80. The van der Waals surface area contributed by atoms with E-state index in [1.165, 1.54) is 6.07 Å². The first kappa shape index (κ1) is 11.3. The van der Waals surface area contributed by atoms with Crippen molar-refractivity contribution in [3.8, 4) is 0 Å². The van der Waals surface area contributed by atoms with E-state index >= 15 is 0 Å². The molecule has 1 nitrogen and oxygen atoms in total.